The zero-order chi connectivity index (χ0) is 28.0. The van der Waals surface area contributed by atoms with Gasteiger partial charge in [-0.25, -0.2) is 29.9 Å². The molecule has 6 heterocycles. The van der Waals surface area contributed by atoms with Crippen molar-refractivity contribution in [3.05, 3.63) is 25.3 Å². The highest BCUT2D eigenvalue weighted by atomic mass is 16.6. The summed E-state index contributed by atoms with van der Waals surface area (Å²) in [7, 11) is 0. The van der Waals surface area contributed by atoms with Gasteiger partial charge in [-0.15, -0.1) is 0 Å². The Kier molecular flexibility index (Phi) is 7.15. The third kappa shape index (κ3) is 4.39. The summed E-state index contributed by atoms with van der Waals surface area (Å²) in [5, 5.41) is 66.0. The van der Waals surface area contributed by atoms with Gasteiger partial charge in [0.25, 0.3) is 0 Å². The minimum atomic E-state index is -1.28. The molecule has 0 aliphatic carbocycles. The first-order valence-corrected chi connectivity index (χ1v) is 12.5. The highest BCUT2D eigenvalue weighted by Gasteiger charge is 2.45. The summed E-state index contributed by atoms with van der Waals surface area (Å²) in [6, 6.07) is 0. The Hall–Kier alpha value is -3.62. The third-order valence-corrected chi connectivity index (χ3v) is 7.01. The standard InChI is InChI=1S/C22H28N10O8/c33-3-9-13(35)15(37)21(39-9)31-7-29-11-17(25-5-27-19(11)31)23-1-2-24-18-12-20(28-6-26-18)32(8-30-12)22-16(38)14(36)10(4-34)40-22/h5-10,13-16,21-22,33-38H,1-4H2,(H,23,25,27)(H,24,26,28)/t9-,10+,13+,14-,15?,16?,21-,22+. The molecule has 8 N–H and O–H groups in total. The number of imidazole rings is 2. The Morgan fingerprint density at radius 2 is 1.05 bits per heavy atom. The monoisotopic (exact) mass is 560 g/mol. The predicted octanol–water partition coefficient (Wildman–Crippen LogP) is -3.29. The molecule has 2 aliphatic rings. The highest BCUT2D eigenvalue weighted by Crippen LogP contribution is 2.33. The fourth-order valence-electron chi connectivity index (χ4n) is 4.92. The molecule has 18 nitrogen and oxygen atoms in total. The van der Waals surface area contributed by atoms with Gasteiger partial charge >= 0.3 is 0 Å². The summed E-state index contributed by atoms with van der Waals surface area (Å²) in [5.41, 5.74) is 1.57. The Balaban J connectivity index is 1.13. The normalized spacial score (nSPS) is 30.4. The molecule has 2 aliphatic heterocycles. The molecule has 0 amide bonds. The van der Waals surface area contributed by atoms with E-state index in [1.165, 1.54) is 34.4 Å². The molecule has 0 aromatic carbocycles. The van der Waals surface area contributed by atoms with Gasteiger partial charge in [-0.05, 0) is 0 Å². The lowest BCUT2D eigenvalue weighted by atomic mass is 10.1. The lowest BCUT2D eigenvalue weighted by Crippen LogP contribution is -2.33. The molecule has 6 rings (SSSR count). The summed E-state index contributed by atoms with van der Waals surface area (Å²) >= 11 is 0. The van der Waals surface area contributed by atoms with E-state index in [2.05, 4.69) is 40.5 Å². The number of fused-ring (bicyclic) bond motifs is 2. The minimum Gasteiger partial charge on any atom is -0.394 e. The molecule has 8 atom stereocenters. The number of rotatable bonds is 9. The minimum absolute atomic E-state index is 0.369. The molecule has 4 aromatic heterocycles. The largest absolute Gasteiger partial charge is 0.394 e. The topological polar surface area (TPSA) is 251 Å². The van der Waals surface area contributed by atoms with Crippen molar-refractivity contribution in [2.45, 2.75) is 49.1 Å². The van der Waals surface area contributed by atoms with Crippen LogP contribution in [-0.2, 0) is 9.47 Å². The van der Waals surface area contributed by atoms with Crippen molar-refractivity contribution in [1.29, 1.82) is 0 Å². The van der Waals surface area contributed by atoms with Crippen molar-refractivity contribution in [2.24, 2.45) is 0 Å². The Morgan fingerprint density at radius 1 is 0.625 bits per heavy atom. The maximum Gasteiger partial charge on any atom is 0.167 e. The number of aliphatic hydroxyl groups excluding tert-OH is 6. The molecule has 2 fully saturated rings. The number of hydrogen-bond donors (Lipinski definition) is 8. The van der Waals surface area contributed by atoms with Crippen molar-refractivity contribution in [2.75, 3.05) is 36.9 Å². The van der Waals surface area contributed by atoms with Crippen LogP contribution >= 0.6 is 0 Å². The second-order valence-electron chi connectivity index (χ2n) is 9.40. The zero-order valence-electron chi connectivity index (χ0n) is 20.8. The third-order valence-electron chi connectivity index (χ3n) is 7.01. The van der Waals surface area contributed by atoms with E-state index >= 15 is 0 Å². The van der Waals surface area contributed by atoms with Gasteiger partial charge in [-0.3, -0.25) is 9.13 Å². The van der Waals surface area contributed by atoms with Crippen LogP contribution in [0.3, 0.4) is 0 Å². The number of hydrogen-bond acceptors (Lipinski definition) is 16. The van der Waals surface area contributed by atoms with Gasteiger partial charge in [0, 0.05) is 13.1 Å². The summed E-state index contributed by atoms with van der Waals surface area (Å²) < 4.78 is 14.1. The molecule has 0 bridgehead atoms. The maximum atomic E-state index is 10.4. The van der Waals surface area contributed by atoms with Crippen LogP contribution in [0.4, 0.5) is 11.6 Å². The average Bonchev–Trinajstić information content (AvgIpc) is 3.72. The molecule has 0 spiro atoms. The zero-order valence-corrected chi connectivity index (χ0v) is 20.8. The highest BCUT2D eigenvalue weighted by molar-refractivity contribution is 5.83. The first-order valence-electron chi connectivity index (χ1n) is 12.5. The van der Waals surface area contributed by atoms with Crippen molar-refractivity contribution < 1.29 is 40.1 Å². The van der Waals surface area contributed by atoms with E-state index in [9.17, 15) is 30.6 Å². The van der Waals surface area contributed by atoms with E-state index in [-0.39, 0.29) is 0 Å². The van der Waals surface area contributed by atoms with Crippen LogP contribution < -0.4 is 10.6 Å². The summed E-state index contributed by atoms with van der Waals surface area (Å²) in [5.74, 6) is 0.859. The van der Waals surface area contributed by atoms with Crippen molar-refractivity contribution >= 4 is 34.0 Å². The molecule has 18 heteroatoms. The van der Waals surface area contributed by atoms with Crippen LogP contribution in [0.2, 0.25) is 0 Å². The molecule has 40 heavy (non-hydrogen) atoms. The van der Waals surface area contributed by atoms with Crippen molar-refractivity contribution in [3.63, 3.8) is 0 Å². The van der Waals surface area contributed by atoms with Gasteiger partial charge in [0.1, 0.15) is 49.3 Å². The lowest BCUT2D eigenvalue weighted by molar-refractivity contribution is -0.0511. The summed E-state index contributed by atoms with van der Waals surface area (Å²) in [6.07, 6.45) is -3.37. The molecule has 214 valence electrons. The van der Waals surface area contributed by atoms with Gasteiger partial charge in [0.05, 0.1) is 25.9 Å². The number of anilines is 2. The van der Waals surface area contributed by atoms with Crippen LogP contribution in [0, 0.1) is 0 Å². The average molecular weight is 561 g/mol. The SMILES string of the molecule is OC[C@@H]1O[C@H](n2cnc3c(NCCNc4ncnc5c4ncn5[C@@H]4O[C@H](CO)[C@H](O)C4O)ncnc32)C(O)[C@@H]1O. The smallest absolute Gasteiger partial charge is 0.167 e. The fourth-order valence-corrected chi connectivity index (χ4v) is 4.92. The molecule has 0 saturated carbocycles. The van der Waals surface area contributed by atoms with Gasteiger partial charge in [0.2, 0.25) is 0 Å². The van der Waals surface area contributed by atoms with Gasteiger partial charge in [-0.2, -0.15) is 0 Å². The molecule has 2 unspecified atom stereocenters. The first kappa shape index (κ1) is 26.6. The molecular formula is C22H28N10O8. The predicted molar refractivity (Wildman–Crippen MR) is 134 cm³/mol. The van der Waals surface area contributed by atoms with Crippen molar-refractivity contribution in [1.82, 2.24) is 39.0 Å². The van der Waals surface area contributed by atoms with Gasteiger partial charge in [-0.1, -0.05) is 0 Å². The number of ether oxygens (including phenoxy) is 2. The van der Waals surface area contributed by atoms with Crippen LogP contribution in [0.1, 0.15) is 12.5 Å². The first-order chi connectivity index (χ1) is 19.4. The molecular weight excluding hydrogens is 532 g/mol. The number of nitrogens with one attached hydrogen (secondary N) is 2. The second-order valence-corrected chi connectivity index (χ2v) is 9.40. The second kappa shape index (κ2) is 10.7. The fraction of sp³-hybridized carbons (Fsp3) is 0.545. The van der Waals surface area contributed by atoms with E-state index in [0.717, 1.165) is 0 Å². The quantitative estimate of drug-likeness (QED) is 0.0934. The summed E-state index contributed by atoms with van der Waals surface area (Å²) in [4.78, 5) is 25.6. The Morgan fingerprint density at radius 3 is 1.43 bits per heavy atom. The van der Waals surface area contributed by atoms with Crippen LogP contribution in [0.15, 0.2) is 25.3 Å². The Bertz CT molecular complexity index is 1370. The van der Waals surface area contributed by atoms with Gasteiger partial charge < -0.3 is 50.7 Å². The summed E-state index contributed by atoms with van der Waals surface area (Å²) in [6.45, 7) is -0.126. The molecule has 4 aromatic rings. The van der Waals surface area contributed by atoms with Gasteiger partial charge in [0.15, 0.2) is 46.4 Å². The number of nitrogens with zero attached hydrogens (tertiary/aromatic N) is 8. The van der Waals surface area contributed by atoms with E-state index in [1.54, 1.807) is 0 Å². The van der Waals surface area contributed by atoms with E-state index in [1.807, 2.05) is 0 Å². The van der Waals surface area contributed by atoms with Crippen molar-refractivity contribution in [3.8, 4) is 0 Å². The Labute approximate surface area is 224 Å². The van der Waals surface area contributed by atoms with Crippen LogP contribution in [0.25, 0.3) is 22.3 Å². The maximum absolute atomic E-state index is 10.4. The van der Waals surface area contributed by atoms with Crippen LogP contribution in [0.5, 0.6) is 0 Å². The van der Waals surface area contributed by atoms with E-state index in [0.29, 0.717) is 47.1 Å². The molecule has 2 saturated heterocycles. The van der Waals surface area contributed by atoms with Crippen LogP contribution in [-0.4, -0.2) is 133 Å². The lowest BCUT2D eigenvalue weighted by Gasteiger charge is -2.16. The molecule has 0 radical (unpaired) electrons. The van der Waals surface area contributed by atoms with E-state index < -0.39 is 62.3 Å². The number of aromatic nitrogens is 8. The number of aliphatic hydroxyl groups is 6. The van der Waals surface area contributed by atoms with E-state index in [4.69, 9.17) is 9.47 Å².